The Kier molecular flexibility index (Phi) is 3.47. The molecule has 68 valence electrons. The Hall–Kier alpha value is -0.640. The van der Waals surface area contributed by atoms with Crippen molar-refractivity contribution in [2.75, 3.05) is 13.1 Å². The van der Waals surface area contributed by atoms with E-state index in [-0.39, 0.29) is 5.91 Å². The van der Waals surface area contributed by atoms with Crippen LogP contribution in [-0.2, 0) is 4.79 Å². The first-order valence-corrected chi connectivity index (χ1v) is 4.60. The fourth-order valence-corrected chi connectivity index (χ4v) is 1.47. The second kappa shape index (κ2) is 4.40. The van der Waals surface area contributed by atoms with E-state index in [4.69, 9.17) is 5.73 Å². The minimum Gasteiger partial charge on any atom is -0.404 e. The van der Waals surface area contributed by atoms with Gasteiger partial charge in [0.1, 0.15) is 0 Å². The van der Waals surface area contributed by atoms with Crippen LogP contribution in [0, 0.1) is 0 Å². The Bertz CT molecular complexity index is 197. The van der Waals surface area contributed by atoms with Crippen molar-refractivity contribution in [2.24, 2.45) is 5.73 Å². The molecule has 2 N–H and O–H groups in total. The van der Waals surface area contributed by atoms with Gasteiger partial charge in [-0.15, -0.1) is 12.6 Å². The van der Waals surface area contributed by atoms with E-state index in [9.17, 15) is 4.79 Å². The van der Waals surface area contributed by atoms with Crippen LogP contribution in [0.2, 0.25) is 0 Å². The molecule has 3 nitrogen and oxygen atoms in total. The zero-order valence-electron chi connectivity index (χ0n) is 6.99. The number of piperidine rings is 1. The molecule has 1 saturated heterocycles. The number of thiol groups is 1. The van der Waals surface area contributed by atoms with E-state index >= 15 is 0 Å². The number of carbonyl (C=O) groups is 1. The van der Waals surface area contributed by atoms with Crippen LogP contribution in [0.3, 0.4) is 0 Å². The van der Waals surface area contributed by atoms with Gasteiger partial charge in [-0.25, -0.2) is 0 Å². The summed E-state index contributed by atoms with van der Waals surface area (Å²) in [6.45, 7) is 1.69. The maximum atomic E-state index is 11.4. The standard InChI is InChI=1S/C8H14N2OS/c9-6-7(12)8(11)10-4-2-1-3-5-10/h6,12H,1-5,9H2/b7-6-. The maximum Gasteiger partial charge on any atom is 0.261 e. The van der Waals surface area contributed by atoms with Gasteiger partial charge in [-0.05, 0) is 19.3 Å². The SMILES string of the molecule is N/C=C(\S)C(=O)N1CCCCC1. The van der Waals surface area contributed by atoms with E-state index in [1.54, 1.807) is 4.90 Å². The Balaban J connectivity index is 2.51. The fraction of sp³-hybridized carbons (Fsp3) is 0.625. The lowest BCUT2D eigenvalue weighted by atomic mass is 10.1. The molecule has 1 fully saturated rings. The molecule has 0 unspecified atom stereocenters. The zero-order chi connectivity index (χ0) is 8.97. The Morgan fingerprint density at radius 3 is 2.42 bits per heavy atom. The summed E-state index contributed by atoms with van der Waals surface area (Å²) >= 11 is 3.98. The van der Waals surface area contributed by atoms with Crippen LogP contribution >= 0.6 is 12.6 Å². The van der Waals surface area contributed by atoms with Crippen molar-refractivity contribution in [3.63, 3.8) is 0 Å². The molecular weight excluding hydrogens is 172 g/mol. The molecule has 1 amide bonds. The molecule has 0 aliphatic carbocycles. The predicted octanol–water partition coefficient (Wildman–Crippen LogP) is 0.729. The highest BCUT2D eigenvalue weighted by Crippen LogP contribution is 2.12. The van der Waals surface area contributed by atoms with E-state index in [2.05, 4.69) is 12.6 Å². The largest absolute Gasteiger partial charge is 0.404 e. The van der Waals surface area contributed by atoms with Crippen molar-refractivity contribution in [3.05, 3.63) is 11.1 Å². The van der Waals surface area contributed by atoms with Crippen LogP contribution in [0.4, 0.5) is 0 Å². The molecule has 1 aliphatic rings. The van der Waals surface area contributed by atoms with Gasteiger partial charge in [0.15, 0.2) is 0 Å². The number of amides is 1. The van der Waals surface area contributed by atoms with E-state index in [0.717, 1.165) is 25.9 Å². The normalized spacial score (nSPS) is 19.4. The monoisotopic (exact) mass is 186 g/mol. The lowest BCUT2D eigenvalue weighted by molar-refractivity contribution is -0.127. The first-order chi connectivity index (χ1) is 5.75. The summed E-state index contributed by atoms with van der Waals surface area (Å²) in [5.74, 6) is -0.0412. The predicted molar refractivity (Wildman–Crippen MR) is 51.7 cm³/mol. The minimum atomic E-state index is -0.0412. The Morgan fingerprint density at radius 1 is 1.33 bits per heavy atom. The van der Waals surface area contributed by atoms with Gasteiger partial charge in [0.2, 0.25) is 0 Å². The quantitative estimate of drug-likeness (QED) is 0.468. The summed E-state index contributed by atoms with van der Waals surface area (Å²) in [5.41, 5.74) is 5.19. The molecule has 0 aromatic heterocycles. The van der Waals surface area contributed by atoms with E-state index in [1.807, 2.05) is 0 Å². The average Bonchev–Trinajstić information content (AvgIpc) is 2.17. The second-order valence-corrected chi connectivity index (χ2v) is 3.39. The summed E-state index contributed by atoms with van der Waals surface area (Å²) in [5, 5.41) is 0. The second-order valence-electron chi connectivity index (χ2n) is 2.90. The van der Waals surface area contributed by atoms with Crippen LogP contribution in [-0.4, -0.2) is 23.9 Å². The zero-order valence-corrected chi connectivity index (χ0v) is 7.89. The van der Waals surface area contributed by atoms with Gasteiger partial charge in [0.05, 0.1) is 4.91 Å². The number of carbonyl (C=O) groups excluding carboxylic acids is 1. The van der Waals surface area contributed by atoms with Crippen molar-refractivity contribution >= 4 is 18.5 Å². The molecule has 0 radical (unpaired) electrons. The minimum absolute atomic E-state index is 0.0412. The average molecular weight is 186 g/mol. The molecule has 1 aliphatic heterocycles. The van der Waals surface area contributed by atoms with Gasteiger partial charge in [-0.3, -0.25) is 4.79 Å². The lowest BCUT2D eigenvalue weighted by Crippen LogP contribution is -2.35. The third-order valence-corrected chi connectivity index (χ3v) is 2.36. The maximum absolute atomic E-state index is 11.4. The van der Waals surface area contributed by atoms with Gasteiger partial charge >= 0.3 is 0 Å². The van der Waals surface area contributed by atoms with Crippen LogP contribution in [0.5, 0.6) is 0 Å². The van der Waals surface area contributed by atoms with Crippen molar-refractivity contribution in [1.29, 1.82) is 0 Å². The number of hydrogen-bond acceptors (Lipinski definition) is 3. The molecular formula is C8H14N2OS. The third kappa shape index (κ3) is 2.17. The number of hydrogen-bond donors (Lipinski definition) is 2. The smallest absolute Gasteiger partial charge is 0.261 e. The molecule has 0 atom stereocenters. The van der Waals surface area contributed by atoms with E-state index in [1.165, 1.54) is 12.6 Å². The lowest BCUT2D eigenvalue weighted by Gasteiger charge is -2.26. The van der Waals surface area contributed by atoms with Crippen LogP contribution in [0.25, 0.3) is 0 Å². The van der Waals surface area contributed by atoms with Gasteiger partial charge in [-0.2, -0.15) is 0 Å². The molecule has 1 rings (SSSR count). The number of likely N-dealkylation sites (tertiary alicyclic amines) is 1. The molecule has 12 heavy (non-hydrogen) atoms. The Morgan fingerprint density at radius 2 is 1.92 bits per heavy atom. The summed E-state index contributed by atoms with van der Waals surface area (Å²) in [6.07, 6.45) is 4.66. The molecule has 4 heteroatoms. The van der Waals surface area contributed by atoms with Crippen LogP contribution in [0.1, 0.15) is 19.3 Å². The summed E-state index contributed by atoms with van der Waals surface area (Å²) in [6, 6.07) is 0. The highest BCUT2D eigenvalue weighted by Gasteiger charge is 2.17. The summed E-state index contributed by atoms with van der Waals surface area (Å²) in [4.78, 5) is 13.6. The summed E-state index contributed by atoms with van der Waals surface area (Å²) < 4.78 is 0. The molecule has 0 bridgehead atoms. The molecule has 0 aromatic rings. The van der Waals surface area contributed by atoms with Crippen LogP contribution in [0.15, 0.2) is 11.1 Å². The molecule has 0 spiro atoms. The van der Waals surface area contributed by atoms with Gasteiger partial charge < -0.3 is 10.6 Å². The third-order valence-electron chi connectivity index (χ3n) is 2.02. The van der Waals surface area contributed by atoms with Gasteiger partial charge in [0.25, 0.3) is 5.91 Å². The fourth-order valence-electron chi connectivity index (χ4n) is 1.33. The highest BCUT2D eigenvalue weighted by molar-refractivity contribution is 7.85. The highest BCUT2D eigenvalue weighted by atomic mass is 32.1. The van der Waals surface area contributed by atoms with E-state index < -0.39 is 0 Å². The molecule has 1 heterocycles. The number of rotatable bonds is 1. The van der Waals surface area contributed by atoms with Crippen molar-refractivity contribution < 1.29 is 4.79 Å². The Labute approximate surface area is 78.0 Å². The topological polar surface area (TPSA) is 46.3 Å². The molecule has 0 saturated carbocycles. The van der Waals surface area contributed by atoms with Crippen LogP contribution < -0.4 is 5.73 Å². The van der Waals surface area contributed by atoms with Crippen molar-refractivity contribution in [3.8, 4) is 0 Å². The van der Waals surface area contributed by atoms with Gasteiger partial charge in [-0.1, -0.05) is 0 Å². The van der Waals surface area contributed by atoms with Crippen molar-refractivity contribution in [2.45, 2.75) is 19.3 Å². The first kappa shape index (κ1) is 9.45. The first-order valence-electron chi connectivity index (χ1n) is 4.16. The van der Waals surface area contributed by atoms with Crippen molar-refractivity contribution in [1.82, 2.24) is 4.90 Å². The summed E-state index contributed by atoms with van der Waals surface area (Å²) in [7, 11) is 0. The van der Waals surface area contributed by atoms with E-state index in [0.29, 0.717) is 4.91 Å². The number of nitrogens with two attached hydrogens (primary N) is 1. The molecule has 0 aromatic carbocycles. The number of nitrogens with zero attached hydrogens (tertiary/aromatic N) is 1. The van der Waals surface area contributed by atoms with Gasteiger partial charge in [0, 0.05) is 19.3 Å².